The molecule has 1 atom stereocenters. The second-order valence-corrected chi connectivity index (χ2v) is 7.02. The normalized spacial score (nSPS) is 17.6. The van der Waals surface area contributed by atoms with Crippen molar-refractivity contribution in [3.63, 3.8) is 0 Å². The van der Waals surface area contributed by atoms with E-state index < -0.39 is 5.92 Å². The van der Waals surface area contributed by atoms with Crippen molar-refractivity contribution < 1.29 is 28.5 Å². The lowest BCUT2D eigenvalue weighted by Crippen LogP contribution is -2.28. The van der Waals surface area contributed by atoms with E-state index >= 15 is 0 Å². The summed E-state index contributed by atoms with van der Waals surface area (Å²) < 4.78 is 21.9. The number of benzene rings is 2. The van der Waals surface area contributed by atoms with Crippen molar-refractivity contribution in [1.29, 1.82) is 0 Å². The summed E-state index contributed by atoms with van der Waals surface area (Å²) in [5.41, 5.74) is 1.29. The van der Waals surface area contributed by atoms with Gasteiger partial charge >= 0.3 is 0 Å². The molecule has 2 amide bonds. The van der Waals surface area contributed by atoms with Crippen molar-refractivity contribution in [1.82, 2.24) is 0 Å². The average Bonchev–Trinajstić information content (AvgIpc) is 3.16. The molecule has 0 unspecified atom stereocenters. The van der Waals surface area contributed by atoms with Crippen LogP contribution in [0.3, 0.4) is 0 Å². The number of hydrogen-bond donors (Lipinski definition) is 1. The minimum Gasteiger partial charge on any atom is -0.493 e. The molecule has 0 radical (unpaired) electrons. The number of nitrogens with one attached hydrogen (secondary N) is 1. The second-order valence-electron chi connectivity index (χ2n) is 7.02. The smallest absolute Gasteiger partial charge is 0.229 e. The molecule has 2 aliphatic heterocycles. The first kappa shape index (κ1) is 19.9. The summed E-state index contributed by atoms with van der Waals surface area (Å²) in [6.07, 6.45) is 0.147. The Labute approximate surface area is 174 Å². The molecular formula is C22H24N2O6. The van der Waals surface area contributed by atoms with Crippen molar-refractivity contribution in [3.05, 3.63) is 36.4 Å². The van der Waals surface area contributed by atoms with Gasteiger partial charge in [-0.25, -0.2) is 0 Å². The Balaban J connectivity index is 1.44. The molecule has 2 aromatic carbocycles. The summed E-state index contributed by atoms with van der Waals surface area (Å²) >= 11 is 0. The fourth-order valence-corrected chi connectivity index (χ4v) is 3.60. The maximum absolute atomic E-state index is 12.8. The number of nitrogens with zero attached hydrogens (tertiary/aromatic N) is 1. The van der Waals surface area contributed by atoms with E-state index in [1.807, 2.05) is 13.0 Å². The molecule has 4 rings (SSSR count). The number of fused-ring (bicyclic) bond motifs is 1. The highest BCUT2D eigenvalue weighted by Crippen LogP contribution is 2.36. The van der Waals surface area contributed by atoms with Crippen LogP contribution in [-0.2, 0) is 9.59 Å². The van der Waals surface area contributed by atoms with Crippen LogP contribution in [0, 0.1) is 5.92 Å². The van der Waals surface area contributed by atoms with Crippen LogP contribution < -0.4 is 29.2 Å². The van der Waals surface area contributed by atoms with Gasteiger partial charge in [0.1, 0.15) is 13.2 Å². The molecule has 0 spiro atoms. The van der Waals surface area contributed by atoms with Gasteiger partial charge in [-0.1, -0.05) is 0 Å². The Morgan fingerprint density at radius 3 is 2.70 bits per heavy atom. The average molecular weight is 412 g/mol. The third kappa shape index (κ3) is 3.98. The highest BCUT2D eigenvalue weighted by atomic mass is 16.6. The maximum atomic E-state index is 12.8. The molecule has 8 heteroatoms. The van der Waals surface area contributed by atoms with Crippen LogP contribution in [0.2, 0.25) is 0 Å². The molecule has 30 heavy (non-hydrogen) atoms. The quantitative estimate of drug-likeness (QED) is 0.785. The molecular weight excluding hydrogens is 388 g/mol. The van der Waals surface area contributed by atoms with Crippen molar-refractivity contribution in [2.45, 2.75) is 13.3 Å². The number of methoxy groups -OCH3 is 1. The summed E-state index contributed by atoms with van der Waals surface area (Å²) in [6, 6.07) is 10.6. The molecule has 0 saturated carbocycles. The zero-order chi connectivity index (χ0) is 21.1. The fourth-order valence-electron chi connectivity index (χ4n) is 3.60. The lowest BCUT2D eigenvalue weighted by Gasteiger charge is -2.22. The highest BCUT2D eigenvalue weighted by Gasteiger charge is 2.35. The van der Waals surface area contributed by atoms with Gasteiger partial charge in [-0.3, -0.25) is 9.59 Å². The molecule has 0 bridgehead atoms. The van der Waals surface area contributed by atoms with E-state index in [1.54, 1.807) is 42.3 Å². The molecule has 1 saturated heterocycles. The molecule has 0 aliphatic carbocycles. The van der Waals surface area contributed by atoms with E-state index in [9.17, 15) is 9.59 Å². The van der Waals surface area contributed by atoms with Crippen LogP contribution >= 0.6 is 0 Å². The second kappa shape index (κ2) is 8.52. The topological polar surface area (TPSA) is 86.3 Å². The SMILES string of the molecule is CCOc1ccc(NC(=O)[C@H]2CC(=O)N(c3ccc4c(c3)OCCO4)C2)cc1OC. The van der Waals surface area contributed by atoms with Crippen molar-refractivity contribution >= 4 is 23.2 Å². The number of carbonyl (C=O) groups excluding carboxylic acids is 2. The van der Waals surface area contributed by atoms with Gasteiger partial charge < -0.3 is 29.2 Å². The van der Waals surface area contributed by atoms with E-state index in [-0.39, 0.29) is 18.2 Å². The largest absolute Gasteiger partial charge is 0.493 e. The molecule has 2 heterocycles. The molecule has 2 aromatic rings. The van der Waals surface area contributed by atoms with Crippen molar-refractivity contribution in [2.75, 3.05) is 43.7 Å². The molecule has 158 valence electrons. The molecule has 0 aromatic heterocycles. The van der Waals surface area contributed by atoms with Crippen LogP contribution in [0.5, 0.6) is 23.0 Å². The third-order valence-electron chi connectivity index (χ3n) is 5.06. The third-order valence-corrected chi connectivity index (χ3v) is 5.06. The summed E-state index contributed by atoms with van der Waals surface area (Å²) in [5, 5.41) is 2.87. The fraction of sp³-hybridized carbons (Fsp3) is 0.364. The van der Waals surface area contributed by atoms with Crippen LogP contribution in [-0.4, -0.2) is 45.3 Å². The summed E-state index contributed by atoms with van der Waals surface area (Å²) in [7, 11) is 1.55. The lowest BCUT2D eigenvalue weighted by atomic mass is 10.1. The Bertz CT molecular complexity index is 961. The predicted octanol–water partition coefficient (Wildman–Crippen LogP) is 2.86. The molecule has 1 fully saturated rings. The van der Waals surface area contributed by atoms with E-state index in [2.05, 4.69) is 5.32 Å². The number of ether oxygens (including phenoxy) is 4. The number of amides is 2. The molecule has 1 N–H and O–H groups in total. The Hall–Kier alpha value is -3.42. The van der Waals surface area contributed by atoms with Gasteiger partial charge in [-0.15, -0.1) is 0 Å². The minimum atomic E-state index is -0.455. The van der Waals surface area contributed by atoms with Crippen molar-refractivity contribution in [2.24, 2.45) is 5.92 Å². The standard InChI is InChI=1S/C22H24N2O6/c1-3-28-17-6-4-15(11-19(17)27-2)23-22(26)14-10-21(25)24(13-14)16-5-7-18-20(12-16)30-9-8-29-18/h4-7,11-12,14H,3,8-10,13H2,1-2H3,(H,23,26)/t14-/m0/s1. The van der Waals surface area contributed by atoms with Crippen LogP contribution in [0.1, 0.15) is 13.3 Å². The highest BCUT2D eigenvalue weighted by molar-refractivity contribution is 6.03. The Kier molecular flexibility index (Phi) is 5.65. The number of anilines is 2. The zero-order valence-electron chi connectivity index (χ0n) is 17.0. The maximum Gasteiger partial charge on any atom is 0.229 e. The summed E-state index contributed by atoms with van der Waals surface area (Å²) in [4.78, 5) is 27.0. The van der Waals surface area contributed by atoms with Gasteiger partial charge in [0.15, 0.2) is 23.0 Å². The molecule has 8 nitrogen and oxygen atoms in total. The first-order valence-electron chi connectivity index (χ1n) is 9.90. The first-order valence-corrected chi connectivity index (χ1v) is 9.90. The first-order chi connectivity index (χ1) is 14.6. The monoisotopic (exact) mass is 412 g/mol. The predicted molar refractivity (Wildman–Crippen MR) is 111 cm³/mol. The van der Waals surface area contributed by atoms with E-state index in [4.69, 9.17) is 18.9 Å². The number of hydrogen-bond acceptors (Lipinski definition) is 6. The van der Waals surface area contributed by atoms with Crippen LogP contribution in [0.4, 0.5) is 11.4 Å². The Morgan fingerprint density at radius 2 is 1.93 bits per heavy atom. The summed E-state index contributed by atoms with van der Waals surface area (Å²) in [5.74, 6) is 1.65. The van der Waals surface area contributed by atoms with Gasteiger partial charge in [0, 0.05) is 36.5 Å². The zero-order valence-corrected chi connectivity index (χ0v) is 17.0. The van der Waals surface area contributed by atoms with Gasteiger partial charge in [-0.05, 0) is 31.2 Å². The van der Waals surface area contributed by atoms with E-state index in [1.165, 1.54) is 0 Å². The molecule has 2 aliphatic rings. The lowest BCUT2D eigenvalue weighted by molar-refractivity contribution is -0.122. The van der Waals surface area contributed by atoms with Gasteiger partial charge in [0.2, 0.25) is 11.8 Å². The van der Waals surface area contributed by atoms with Gasteiger partial charge in [0.05, 0.1) is 19.6 Å². The van der Waals surface area contributed by atoms with E-state index in [0.29, 0.717) is 60.7 Å². The minimum absolute atomic E-state index is 0.101. The Morgan fingerprint density at radius 1 is 1.13 bits per heavy atom. The van der Waals surface area contributed by atoms with E-state index in [0.717, 1.165) is 0 Å². The van der Waals surface area contributed by atoms with Crippen LogP contribution in [0.25, 0.3) is 0 Å². The summed E-state index contributed by atoms with van der Waals surface area (Å²) in [6.45, 7) is 3.69. The van der Waals surface area contributed by atoms with Gasteiger partial charge in [-0.2, -0.15) is 0 Å². The van der Waals surface area contributed by atoms with Crippen molar-refractivity contribution in [3.8, 4) is 23.0 Å². The number of carbonyl (C=O) groups is 2. The number of rotatable bonds is 6. The van der Waals surface area contributed by atoms with Gasteiger partial charge in [0.25, 0.3) is 0 Å². The van der Waals surface area contributed by atoms with Crippen LogP contribution in [0.15, 0.2) is 36.4 Å².